The quantitative estimate of drug-likeness (QED) is 0.512. The first-order valence-corrected chi connectivity index (χ1v) is 3.66. The van der Waals surface area contributed by atoms with E-state index in [0.717, 1.165) is 0 Å². The summed E-state index contributed by atoms with van der Waals surface area (Å²) in [6, 6.07) is -0.956. The molecule has 0 aromatic heterocycles. The Bertz CT molecular complexity index is 209. The minimum atomic E-state index is -1.08. The van der Waals surface area contributed by atoms with E-state index in [2.05, 4.69) is 4.99 Å². The largest absolute Gasteiger partial charge is 0.480 e. The van der Waals surface area contributed by atoms with E-state index < -0.39 is 12.0 Å². The first-order chi connectivity index (χ1) is 5.37. The van der Waals surface area contributed by atoms with Gasteiger partial charge in [0, 0.05) is 0 Å². The molecule has 0 aliphatic carbocycles. The SMILES string of the molecule is CC(C)(C)C[C@@H](N=C=O)C(=O)O. The van der Waals surface area contributed by atoms with E-state index in [0.29, 0.717) is 6.42 Å². The fraction of sp³-hybridized carbons (Fsp3) is 0.750. The number of carboxylic acid groups (broad SMARTS) is 1. The molecule has 68 valence electrons. The van der Waals surface area contributed by atoms with Gasteiger partial charge in [-0.2, -0.15) is 4.99 Å². The maximum Gasteiger partial charge on any atom is 0.329 e. The Kier molecular flexibility index (Phi) is 3.64. The van der Waals surface area contributed by atoms with E-state index in [-0.39, 0.29) is 5.41 Å². The van der Waals surface area contributed by atoms with E-state index in [9.17, 15) is 9.59 Å². The maximum absolute atomic E-state index is 10.5. The van der Waals surface area contributed by atoms with E-state index in [1.54, 1.807) is 0 Å². The topological polar surface area (TPSA) is 66.7 Å². The van der Waals surface area contributed by atoms with Crippen LogP contribution >= 0.6 is 0 Å². The molecule has 0 saturated heterocycles. The highest BCUT2D eigenvalue weighted by Gasteiger charge is 2.23. The van der Waals surface area contributed by atoms with Gasteiger partial charge in [-0.25, -0.2) is 9.59 Å². The lowest BCUT2D eigenvalue weighted by molar-refractivity contribution is -0.139. The third-order valence-corrected chi connectivity index (χ3v) is 1.30. The molecule has 0 bridgehead atoms. The highest BCUT2D eigenvalue weighted by Crippen LogP contribution is 2.22. The van der Waals surface area contributed by atoms with Gasteiger partial charge in [0.2, 0.25) is 6.08 Å². The van der Waals surface area contributed by atoms with Gasteiger partial charge in [0.15, 0.2) is 6.04 Å². The molecule has 12 heavy (non-hydrogen) atoms. The molecule has 1 N–H and O–H groups in total. The summed E-state index contributed by atoms with van der Waals surface area (Å²) in [5.74, 6) is -1.08. The summed E-state index contributed by atoms with van der Waals surface area (Å²) in [6.45, 7) is 5.68. The second-order valence-electron chi connectivity index (χ2n) is 3.84. The summed E-state index contributed by atoms with van der Waals surface area (Å²) in [5.41, 5.74) is -0.149. The minimum absolute atomic E-state index is 0.149. The van der Waals surface area contributed by atoms with Gasteiger partial charge in [-0.05, 0) is 11.8 Å². The first kappa shape index (κ1) is 10.8. The molecule has 0 saturated carbocycles. The van der Waals surface area contributed by atoms with E-state index in [1.165, 1.54) is 6.08 Å². The van der Waals surface area contributed by atoms with Crippen LogP contribution in [-0.4, -0.2) is 23.2 Å². The molecular formula is C8H13NO3. The van der Waals surface area contributed by atoms with Crippen LogP contribution in [0.15, 0.2) is 4.99 Å². The Hall–Kier alpha value is -1.15. The van der Waals surface area contributed by atoms with Crippen molar-refractivity contribution in [3.8, 4) is 0 Å². The molecular weight excluding hydrogens is 158 g/mol. The Morgan fingerprint density at radius 2 is 2.08 bits per heavy atom. The minimum Gasteiger partial charge on any atom is -0.480 e. The number of hydrogen-bond acceptors (Lipinski definition) is 3. The van der Waals surface area contributed by atoms with Crippen LogP contribution in [0.4, 0.5) is 0 Å². The van der Waals surface area contributed by atoms with Crippen LogP contribution in [0.5, 0.6) is 0 Å². The standard InChI is InChI=1S/C8H13NO3/c1-8(2,3)4-6(7(11)12)9-5-10/h6H,4H2,1-3H3,(H,11,12)/t6-/m1/s1. The van der Waals surface area contributed by atoms with Gasteiger partial charge >= 0.3 is 5.97 Å². The zero-order valence-electron chi connectivity index (χ0n) is 7.50. The molecule has 0 radical (unpaired) electrons. The zero-order chi connectivity index (χ0) is 9.78. The van der Waals surface area contributed by atoms with Crippen molar-refractivity contribution < 1.29 is 14.7 Å². The van der Waals surface area contributed by atoms with Crippen molar-refractivity contribution in [2.45, 2.75) is 33.2 Å². The maximum atomic E-state index is 10.5. The number of aliphatic imine (C=N–C) groups is 1. The molecule has 0 aromatic carbocycles. The van der Waals surface area contributed by atoms with E-state index >= 15 is 0 Å². The predicted molar refractivity (Wildman–Crippen MR) is 43.6 cm³/mol. The van der Waals surface area contributed by atoms with Crippen LogP contribution in [0.1, 0.15) is 27.2 Å². The molecule has 0 aliphatic heterocycles. The molecule has 0 unspecified atom stereocenters. The van der Waals surface area contributed by atoms with E-state index in [1.807, 2.05) is 20.8 Å². The molecule has 0 amide bonds. The van der Waals surface area contributed by atoms with Crippen LogP contribution in [-0.2, 0) is 9.59 Å². The van der Waals surface area contributed by atoms with Gasteiger partial charge in [0.1, 0.15) is 0 Å². The van der Waals surface area contributed by atoms with Crippen molar-refractivity contribution >= 4 is 12.0 Å². The fourth-order valence-electron chi connectivity index (χ4n) is 0.832. The molecule has 0 aliphatic rings. The van der Waals surface area contributed by atoms with Crippen molar-refractivity contribution in [1.29, 1.82) is 0 Å². The van der Waals surface area contributed by atoms with Gasteiger partial charge < -0.3 is 5.11 Å². The van der Waals surface area contributed by atoms with Gasteiger partial charge in [-0.1, -0.05) is 20.8 Å². The number of carbonyl (C=O) groups excluding carboxylic acids is 1. The summed E-state index contributed by atoms with van der Waals surface area (Å²) in [6.07, 6.45) is 1.61. The van der Waals surface area contributed by atoms with Gasteiger partial charge in [-0.15, -0.1) is 0 Å². The molecule has 1 atom stereocenters. The van der Waals surface area contributed by atoms with Crippen molar-refractivity contribution in [1.82, 2.24) is 0 Å². The fourth-order valence-corrected chi connectivity index (χ4v) is 0.832. The second kappa shape index (κ2) is 4.02. The second-order valence-corrected chi connectivity index (χ2v) is 3.84. The number of carbonyl (C=O) groups is 1. The van der Waals surface area contributed by atoms with Crippen LogP contribution in [0.2, 0.25) is 0 Å². The Balaban J connectivity index is 4.34. The van der Waals surface area contributed by atoms with Crippen LogP contribution < -0.4 is 0 Å². The van der Waals surface area contributed by atoms with Gasteiger partial charge in [0.25, 0.3) is 0 Å². The Morgan fingerprint density at radius 1 is 1.58 bits per heavy atom. The average Bonchev–Trinajstić information content (AvgIpc) is 1.83. The normalized spacial score (nSPS) is 13.2. The monoisotopic (exact) mass is 171 g/mol. The average molecular weight is 171 g/mol. The third kappa shape index (κ3) is 4.63. The highest BCUT2D eigenvalue weighted by atomic mass is 16.4. The molecule has 4 heteroatoms. The molecule has 4 nitrogen and oxygen atoms in total. The summed E-state index contributed by atoms with van der Waals surface area (Å²) >= 11 is 0. The lowest BCUT2D eigenvalue weighted by Gasteiger charge is -2.19. The van der Waals surface area contributed by atoms with E-state index in [4.69, 9.17) is 5.11 Å². The van der Waals surface area contributed by atoms with Crippen molar-refractivity contribution in [2.24, 2.45) is 10.4 Å². The number of aliphatic carboxylic acids is 1. The summed E-state index contributed by atoms with van der Waals surface area (Å²) in [7, 11) is 0. The summed E-state index contributed by atoms with van der Waals surface area (Å²) in [5, 5.41) is 8.60. The highest BCUT2D eigenvalue weighted by molar-refractivity contribution is 5.74. The van der Waals surface area contributed by atoms with Gasteiger partial charge in [-0.3, -0.25) is 0 Å². The number of hydrogen-bond donors (Lipinski definition) is 1. The number of isocyanates is 1. The number of rotatable bonds is 3. The molecule has 0 heterocycles. The first-order valence-electron chi connectivity index (χ1n) is 3.66. The van der Waals surface area contributed by atoms with Crippen molar-refractivity contribution in [2.75, 3.05) is 0 Å². The molecule has 0 fully saturated rings. The molecule has 0 aromatic rings. The lowest BCUT2D eigenvalue weighted by Crippen LogP contribution is -2.24. The molecule has 0 rings (SSSR count). The Labute approximate surface area is 71.3 Å². The number of nitrogens with zero attached hydrogens (tertiary/aromatic N) is 1. The smallest absolute Gasteiger partial charge is 0.329 e. The lowest BCUT2D eigenvalue weighted by atomic mass is 9.88. The predicted octanol–water partition coefficient (Wildman–Crippen LogP) is 1.21. The van der Waals surface area contributed by atoms with Crippen LogP contribution in [0.3, 0.4) is 0 Å². The van der Waals surface area contributed by atoms with Crippen LogP contribution in [0.25, 0.3) is 0 Å². The third-order valence-electron chi connectivity index (χ3n) is 1.30. The number of carboxylic acids is 1. The summed E-state index contributed by atoms with van der Waals surface area (Å²) in [4.78, 5) is 23.5. The van der Waals surface area contributed by atoms with Crippen molar-refractivity contribution in [3.05, 3.63) is 0 Å². The zero-order valence-corrected chi connectivity index (χ0v) is 7.50. The molecule has 0 spiro atoms. The van der Waals surface area contributed by atoms with Crippen LogP contribution in [0, 0.1) is 5.41 Å². The summed E-state index contributed by atoms with van der Waals surface area (Å²) < 4.78 is 0. The van der Waals surface area contributed by atoms with Gasteiger partial charge in [0.05, 0.1) is 0 Å². The van der Waals surface area contributed by atoms with Crippen molar-refractivity contribution in [3.63, 3.8) is 0 Å². The Morgan fingerprint density at radius 3 is 2.33 bits per heavy atom.